The van der Waals surface area contributed by atoms with Gasteiger partial charge in [-0.05, 0) is 31.7 Å². The van der Waals surface area contributed by atoms with Crippen LogP contribution >= 0.6 is 12.4 Å². The van der Waals surface area contributed by atoms with Crippen LogP contribution in [0.25, 0.3) is 11.1 Å². The van der Waals surface area contributed by atoms with Crippen LogP contribution in [-0.2, 0) is 6.42 Å². The summed E-state index contributed by atoms with van der Waals surface area (Å²) < 4.78 is 5.44. The molecule has 1 atom stereocenters. The topological polar surface area (TPSA) is 94.0 Å². The quantitative estimate of drug-likeness (QED) is 0.691. The molecule has 3 N–H and O–H groups in total. The molecule has 2 aromatic heterocycles. The monoisotopic (exact) mass is 380 g/mol. The number of carbonyl (C=O) groups excluding carboxylic acids is 1. The number of hydrogen-bond donors (Lipinski definition) is 2. The molecule has 0 aliphatic heterocycles. The van der Waals surface area contributed by atoms with Crippen molar-refractivity contribution in [3.05, 3.63) is 23.0 Å². The minimum Gasteiger partial charge on any atom is -0.348 e. The van der Waals surface area contributed by atoms with Crippen LogP contribution in [0.15, 0.2) is 10.6 Å². The third-order valence-corrected chi connectivity index (χ3v) is 4.79. The van der Waals surface area contributed by atoms with E-state index in [1.807, 2.05) is 6.07 Å². The highest BCUT2D eigenvalue weighted by Crippen LogP contribution is 2.40. The number of amides is 1. The average Bonchev–Trinajstić information content (AvgIpc) is 3.40. The number of nitrogens with one attached hydrogen (secondary N) is 1. The number of aromatic nitrogens is 2. The van der Waals surface area contributed by atoms with E-state index in [4.69, 9.17) is 10.3 Å². The van der Waals surface area contributed by atoms with Gasteiger partial charge in [-0.25, -0.2) is 4.98 Å². The van der Waals surface area contributed by atoms with Gasteiger partial charge in [0.25, 0.3) is 11.6 Å². The molecular formula is C19H29ClN4O2. The number of aryl methyl sites for hydroxylation is 1. The third kappa shape index (κ3) is 4.54. The van der Waals surface area contributed by atoms with E-state index in [2.05, 4.69) is 29.3 Å². The fraction of sp³-hybridized carbons (Fsp3) is 0.632. The van der Waals surface area contributed by atoms with E-state index in [9.17, 15) is 4.79 Å². The molecule has 0 bridgehead atoms. The zero-order valence-corrected chi connectivity index (χ0v) is 16.4. The minimum absolute atomic E-state index is 0. The predicted octanol–water partition coefficient (Wildman–Crippen LogP) is 3.72. The molecule has 1 aliphatic rings. The van der Waals surface area contributed by atoms with Gasteiger partial charge in [-0.2, -0.15) is 0 Å². The molecule has 1 aliphatic carbocycles. The Kier molecular flexibility index (Phi) is 7.41. The second-order valence-corrected chi connectivity index (χ2v) is 6.98. The Morgan fingerprint density at radius 3 is 2.77 bits per heavy atom. The molecule has 1 saturated carbocycles. The van der Waals surface area contributed by atoms with Crippen molar-refractivity contribution in [2.24, 2.45) is 5.73 Å². The van der Waals surface area contributed by atoms with E-state index in [0.29, 0.717) is 23.7 Å². The number of nitrogens with two attached hydrogens (primary N) is 1. The molecule has 0 aromatic carbocycles. The lowest BCUT2D eigenvalue weighted by Gasteiger charge is -2.17. The van der Waals surface area contributed by atoms with Gasteiger partial charge >= 0.3 is 0 Å². The Hall–Kier alpha value is -1.66. The molecule has 7 heteroatoms. The summed E-state index contributed by atoms with van der Waals surface area (Å²) in [4.78, 5) is 17.6. The lowest BCUT2D eigenvalue weighted by atomic mass is 10.0. The summed E-state index contributed by atoms with van der Waals surface area (Å²) in [7, 11) is 0. The summed E-state index contributed by atoms with van der Waals surface area (Å²) in [6.45, 7) is 4.67. The molecule has 1 fully saturated rings. The van der Waals surface area contributed by atoms with Gasteiger partial charge in [0, 0.05) is 24.2 Å². The van der Waals surface area contributed by atoms with Crippen LogP contribution in [0, 0.1) is 0 Å². The molecule has 26 heavy (non-hydrogen) atoms. The number of fused-ring (bicyclic) bond motifs is 1. The summed E-state index contributed by atoms with van der Waals surface area (Å²) >= 11 is 0. The Morgan fingerprint density at radius 1 is 1.38 bits per heavy atom. The fourth-order valence-electron chi connectivity index (χ4n) is 3.17. The number of unbranched alkanes of at least 4 members (excludes halogenated alkanes) is 1. The molecule has 1 amide bonds. The highest BCUT2D eigenvalue weighted by atomic mass is 35.5. The molecule has 144 valence electrons. The van der Waals surface area contributed by atoms with Crippen molar-refractivity contribution in [3.63, 3.8) is 0 Å². The molecule has 0 saturated heterocycles. The third-order valence-electron chi connectivity index (χ3n) is 4.79. The highest BCUT2D eigenvalue weighted by Gasteiger charge is 2.29. The predicted molar refractivity (Wildman–Crippen MR) is 105 cm³/mol. The van der Waals surface area contributed by atoms with Crippen molar-refractivity contribution in [2.75, 3.05) is 6.54 Å². The summed E-state index contributed by atoms with van der Waals surface area (Å²) in [5, 5.41) is 8.01. The van der Waals surface area contributed by atoms with Crippen molar-refractivity contribution >= 4 is 29.4 Å². The van der Waals surface area contributed by atoms with Crippen molar-refractivity contribution in [2.45, 2.75) is 70.8 Å². The van der Waals surface area contributed by atoms with Crippen LogP contribution in [0.1, 0.15) is 80.0 Å². The Morgan fingerprint density at radius 2 is 2.15 bits per heavy atom. The van der Waals surface area contributed by atoms with Gasteiger partial charge in [-0.3, -0.25) is 4.79 Å². The first-order chi connectivity index (χ1) is 12.2. The molecule has 6 nitrogen and oxygen atoms in total. The van der Waals surface area contributed by atoms with Gasteiger partial charge in [-0.15, -0.1) is 12.4 Å². The SMILES string of the molecule is CCCCC(CN)NC(=O)c1cc(C2CC2)nc2onc(CCC)c12.Cl. The Balaban J connectivity index is 0.00000243. The molecular weight excluding hydrogens is 352 g/mol. The number of nitrogens with zero attached hydrogens (tertiary/aromatic N) is 2. The molecule has 2 heterocycles. The van der Waals surface area contributed by atoms with E-state index in [0.717, 1.165) is 61.7 Å². The van der Waals surface area contributed by atoms with Crippen molar-refractivity contribution in [3.8, 4) is 0 Å². The smallest absolute Gasteiger partial charge is 0.259 e. The van der Waals surface area contributed by atoms with E-state index in [-0.39, 0.29) is 24.4 Å². The van der Waals surface area contributed by atoms with Gasteiger partial charge in [0.05, 0.1) is 16.6 Å². The molecule has 0 radical (unpaired) electrons. The molecule has 1 unspecified atom stereocenters. The first kappa shape index (κ1) is 20.6. The zero-order valence-electron chi connectivity index (χ0n) is 15.6. The summed E-state index contributed by atoms with van der Waals surface area (Å²) in [5.74, 6) is 0.350. The maximum atomic E-state index is 13.0. The lowest BCUT2D eigenvalue weighted by Crippen LogP contribution is -2.40. The van der Waals surface area contributed by atoms with Gasteiger partial charge in [0.1, 0.15) is 0 Å². The minimum atomic E-state index is -0.0959. The second kappa shape index (κ2) is 9.33. The zero-order chi connectivity index (χ0) is 17.8. The van der Waals surface area contributed by atoms with Crippen molar-refractivity contribution < 1.29 is 9.32 Å². The number of carbonyl (C=O) groups is 1. The Labute approximate surface area is 160 Å². The van der Waals surface area contributed by atoms with E-state index in [1.165, 1.54) is 0 Å². The van der Waals surface area contributed by atoms with Gasteiger partial charge in [-0.1, -0.05) is 38.3 Å². The van der Waals surface area contributed by atoms with Crippen LogP contribution in [-0.4, -0.2) is 28.6 Å². The van der Waals surface area contributed by atoms with Crippen LogP contribution in [0.5, 0.6) is 0 Å². The fourth-order valence-corrected chi connectivity index (χ4v) is 3.17. The first-order valence-corrected chi connectivity index (χ1v) is 9.48. The van der Waals surface area contributed by atoms with Crippen LogP contribution < -0.4 is 11.1 Å². The number of halogens is 1. The molecule has 3 rings (SSSR count). The highest BCUT2D eigenvalue weighted by molar-refractivity contribution is 6.06. The molecule has 2 aromatic rings. The van der Waals surface area contributed by atoms with E-state index in [1.54, 1.807) is 0 Å². The van der Waals surface area contributed by atoms with Crippen molar-refractivity contribution in [1.82, 2.24) is 15.5 Å². The standard InChI is InChI=1S/C19H28N4O2.ClH/c1-3-5-7-13(11-20)21-18(24)14-10-16(12-8-9-12)22-19-17(14)15(6-4-2)23-25-19;/h10,12-13H,3-9,11,20H2,1-2H3,(H,21,24);1H. The molecule has 0 spiro atoms. The van der Waals surface area contributed by atoms with Crippen LogP contribution in [0.4, 0.5) is 0 Å². The maximum absolute atomic E-state index is 13.0. The number of pyridine rings is 1. The van der Waals surface area contributed by atoms with E-state index < -0.39 is 0 Å². The van der Waals surface area contributed by atoms with Gasteiger partial charge in [0.15, 0.2) is 0 Å². The first-order valence-electron chi connectivity index (χ1n) is 9.48. The van der Waals surface area contributed by atoms with Crippen molar-refractivity contribution in [1.29, 1.82) is 0 Å². The normalized spacial score (nSPS) is 14.9. The summed E-state index contributed by atoms with van der Waals surface area (Å²) in [6, 6.07) is 1.92. The average molecular weight is 381 g/mol. The summed E-state index contributed by atoms with van der Waals surface area (Å²) in [6.07, 6.45) is 6.99. The van der Waals surface area contributed by atoms with Crippen LogP contribution in [0.2, 0.25) is 0 Å². The maximum Gasteiger partial charge on any atom is 0.259 e. The lowest BCUT2D eigenvalue weighted by molar-refractivity contribution is 0.0937. The summed E-state index contributed by atoms with van der Waals surface area (Å²) in [5.41, 5.74) is 8.71. The van der Waals surface area contributed by atoms with Gasteiger partial charge in [0.2, 0.25) is 0 Å². The number of hydrogen-bond acceptors (Lipinski definition) is 5. The Bertz CT molecular complexity index is 742. The van der Waals surface area contributed by atoms with Gasteiger partial charge < -0.3 is 15.6 Å². The van der Waals surface area contributed by atoms with E-state index >= 15 is 0 Å². The van der Waals surface area contributed by atoms with Crippen LogP contribution in [0.3, 0.4) is 0 Å². The second-order valence-electron chi connectivity index (χ2n) is 6.98. The number of rotatable bonds is 9. The largest absolute Gasteiger partial charge is 0.348 e.